The van der Waals surface area contributed by atoms with Gasteiger partial charge in [-0.3, -0.25) is 4.79 Å². The molecule has 1 spiro atoms. The molecular weight excluding hydrogens is 316 g/mol. The van der Waals surface area contributed by atoms with E-state index in [0.29, 0.717) is 13.2 Å². The third kappa shape index (κ3) is 2.88. The lowest BCUT2D eigenvalue weighted by molar-refractivity contribution is -0.130. The molecule has 4 rings (SSSR count). The summed E-state index contributed by atoms with van der Waals surface area (Å²) < 4.78 is 11.4. The predicted molar refractivity (Wildman–Crippen MR) is 95.4 cm³/mol. The van der Waals surface area contributed by atoms with E-state index in [1.54, 1.807) is 7.11 Å². The highest BCUT2D eigenvalue weighted by molar-refractivity contribution is 5.79. The molecule has 0 bridgehead atoms. The van der Waals surface area contributed by atoms with Gasteiger partial charge in [-0.2, -0.15) is 0 Å². The maximum atomic E-state index is 12.9. The van der Waals surface area contributed by atoms with E-state index in [9.17, 15) is 4.79 Å². The van der Waals surface area contributed by atoms with Gasteiger partial charge in [-0.1, -0.05) is 24.3 Å². The molecule has 5 heteroatoms. The molecule has 1 aliphatic carbocycles. The minimum atomic E-state index is -0.0605. The minimum absolute atomic E-state index is 0.00390. The summed E-state index contributed by atoms with van der Waals surface area (Å²) in [6.45, 7) is 3.36. The Bertz CT molecular complexity index is 621. The first-order chi connectivity index (χ1) is 12.3. The fraction of sp³-hybridized carbons (Fsp3) is 0.650. The molecule has 1 aromatic rings. The molecule has 0 aromatic heterocycles. The molecule has 0 unspecified atom stereocenters. The van der Waals surface area contributed by atoms with Crippen molar-refractivity contribution in [1.82, 2.24) is 10.6 Å². The number of hydrogen-bond donors (Lipinski definition) is 2. The lowest BCUT2D eigenvalue weighted by Crippen LogP contribution is -2.50. The van der Waals surface area contributed by atoms with Crippen molar-refractivity contribution < 1.29 is 14.3 Å². The molecule has 2 saturated heterocycles. The van der Waals surface area contributed by atoms with E-state index >= 15 is 0 Å². The Morgan fingerprint density at radius 1 is 1.24 bits per heavy atom. The van der Waals surface area contributed by atoms with Gasteiger partial charge in [0.05, 0.1) is 12.1 Å². The summed E-state index contributed by atoms with van der Waals surface area (Å²) in [6, 6.07) is 8.51. The van der Waals surface area contributed by atoms with Gasteiger partial charge < -0.3 is 20.1 Å². The normalized spacial score (nSPS) is 28.7. The quantitative estimate of drug-likeness (QED) is 0.880. The van der Waals surface area contributed by atoms with E-state index in [0.717, 1.165) is 38.8 Å². The first-order valence-electron chi connectivity index (χ1n) is 9.47. The third-order valence-electron chi connectivity index (χ3n) is 6.32. The van der Waals surface area contributed by atoms with E-state index in [1.807, 2.05) is 0 Å². The van der Waals surface area contributed by atoms with Crippen LogP contribution in [0.1, 0.15) is 42.9 Å². The van der Waals surface area contributed by atoms with E-state index < -0.39 is 0 Å². The molecule has 5 nitrogen and oxygen atoms in total. The van der Waals surface area contributed by atoms with Crippen molar-refractivity contribution in [2.24, 2.45) is 5.92 Å². The van der Waals surface area contributed by atoms with Crippen molar-refractivity contribution in [2.45, 2.75) is 43.2 Å². The second-order valence-electron chi connectivity index (χ2n) is 7.52. The summed E-state index contributed by atoms with van der Waals surface area (Å²) in [5, 5.41) is 6.80. The van der Waals surface area contributed by atoms with Gasteiger partial charge in [0, 0.05) is 31.7 Å². The van der Waals surface area contributed by atoms with Gasteiger partial charge in [0.25, 0.3) is 0 Å². The maximum Gasteiger partial charge on any atom is 0.223 e. The maximum absolute atomic E-state index is 12.9. The lowest BCUT2D eigenvalue weighted by atomic mass is 9.72. The Labute approximate surface area is 149 Å². The summed E-state index contributed by atoms with van der Waals surface area (Å²) in [4.78, 5) is 12.9. The zero-order valence-electron chi connectivity index (χ0n) is 14.9. The van der Waals surface area contributed by atoms with Crippen molar-refractivity contribution in [3.05, 3.63) is 35.4 Å². The van der Waals surface area contributed by atoms with E-state index in [-0.39, 0.29) is 29.4 Å². The van der Waals surface area contributed by atoms with Gasteiger partial charge >= 0.3 is 0 Å². The Balaban J connectivity index is 1.63. The lowest BCUT2D eigenvalue weighted by Gasteiger charge is -2.40. The summed E-state index contributed by atoms with van der Waals surface area (Å²) >= 11 is 0. The van der Waals surface area contributed by atoms with Crippen LogP contribution in [-0.2, 0) is 19.7 Å². The predicted octanol–water partition coefficient (Wildman–Crippen LogP) is 1.92. The molecule has 2 heterocycles. The van der Waals surface area contributed by atoms with Gasteiger partial charge in [-0.15, -0.1) is 0 Å². The Morgan fingerprint density at radius 3 is 2.68 bits per heavy atom. The summed E-state index contributed by atoms with van der Waals surface area (Å²) in [7, 11) is 1.79. The minimum Gasteiger partial charge on any atom is -0.381 e. The second kappa shape index (κ2) is 7.06. The Morgan fingerprint density at radius 2 is 1.96 bits per heavy atom. The van der Waals surface area contributed by atoms with Gasteiger partial charge in [-0.05, 0) is 49.9 Å². The summed E-state index contributed by atoms with van der Waals surface area (Å²) in [6.07, 6.45) is 3.72. The largest absolute Gasteiger partial charge is 0.381 e. The standard InChI is InChI=1S/C20H28N2O3/c1-24-18-17(22-19(23)14-6-12-25-13-7-14)15-4-2-3-5-16(15)20(18)8-10-21-11-9-20/h2-5,14,17-18,21H,6-13H2,1H3,(H,22,23)/t17-,18+/m0/s1. The molecule has 1 amide bonds. The van der Waals surface area contributed by atoms with Crippen molar-refractivity contribution in [3.8, 4) is 0 Å². The fourth-order valence-corrected chi connectivity index (χ4v) is 5.03. The number of piperidine rings is 1. The molecule has 2 aliphatic heterocycles. The fourth-order valence-electron chi connectivity index (χ4n) is 5.03. The number of hydrogen-bond acceptors (Lipinski definition) is 4. The van der Waals surface area contributed by atoms with Gasteiger partial charge in [0.2, 0.25) is 5.91 Å². The molecule has 2 N–H and O–H groups in total. The van der Waals surface area contributed by atoms with Crippen molar-refractivity contribution >= 4 is 5.91 Å². The molecule has 1 aromatic carbocycles. The zero-order valence-corrected chi connectivity index (χ0v) is 14.9. The average Bonchev–Trinajstić information content (AvgIpc) is 2.92. The number of fused-ring (bicyclic) bond motifs is 2. The number of methoxy groups -OCH3 is 1. The number of nitrogens with one attached hydrogen (secondary N) is 2. The van der Waals surface area contributed by atoms with Gasteiger partial charge in [0.15, 0.2) is 0 Å². The van der Waals surface area contributed by atoms with Gasteiger partial charge in [-0.25, -0.2) is 0 Å². The molecule has 0 saturated carbocycles. The van der Waals surface area contributed by atoms with Crippen molar-refractivity contribution in [1.29, 1.82) is 0 Å². The van der Waals surface area contributed by atoms with E-state index in [1.165, 1.54) is 11.1 Å². The van der Waals surface area contributed by atoms with Crippen LogP contribution in [0.2, 0.25) is 0 Å². The van der Waals surface area contributed by atoms with Crippen molar-refractivity contribution in [3.63, 3.8) is 0 Å². The number of carbonyl (C=O) groups excluding carboxylic acids is 1. The van der Waals surface area contributed by atoms with Crippen LogP contribution in [-0.4, -0.2) is 45.4 Å². The highest BCUT2D eigenvalue weighted by atomic mass is 16.5. The number of carbonyl (C=O) groups is 1. The summed E-state index contributed by atoms with van der Waals surface area (Å²) in [5.74, 6) is 0.208. The van der Waals surface area contributed by atoms with Crippen LogP contribution < -0.4 is 10.6 Å². The SMILES string of the molecule is CO[C@@H]1[C@@H](NC(=O)C2CCOCC2)c2ccccc2C12CCNCC2. The number of ether oxygens (including phenoxy) is 2. The van der Waals surface area contributed by atoms with Crippen LogP contribution in [0, 0.1) is 5.92 Å². The number of rotatable bonds is 3. The Kier molecular flexibility index (Phi) is 4.80. The topological polar surface area (TPSA) is 59.6 Å². The van der Waals surface area contributed by atoms with E-state index in [2.05, 4.69) is 34.9 Å². The Hall–Kier alpha value is -1.43. The van der Waals surface area contributed by atoms with Crippen LogP contribution >= 0.6 is 0 Å². The second-order valence-corrected chi connectivity index (χ2v) is 7.52. The average molecular weight is 344 g/mol. The highest BCUT2D eigenvalue weighted by Crippen LogP contribution is 2.51. The molecular formula is C20H28N2O3. The molecule has 2 atom stereocenters. The molecule has 3 aliphatic rings. The zero-order chi connectivity index (χ0) is 17.3. The highest BCUT2D eigenvalue weighted by Gasteiger charge is 2.53. The first kappa shape index (κ1) is 17.0. The monoisotopic (exact) mass is 344 g/mol. The van der Waals surface area contributed by atoms with Crippen LogP contribution in [0.15, 0.2) is 24.3 Å². The number of benzene rings is 1. The van der Waals surface area contributed by atoms with Crippen LogP contribution in [0.3, 0.4) is 0 Å². The van der Waals surface area contributed by atoms with Crippen LogP contribution in [0.5, 0.6) is 0 Å². The molecule has 0 radical (unpaired) electrons. The number of amides is 1. The molecule has 136 valence electrons. The first-order valence-corrected chi connectivity index (χ1v) is 9.47. The van der Waals surface area contributed by atoms with Crippen molar-refractivity contribution in [2.75, 3.05) is 33.4 Å². The van der Waals surface area contributed by atoms with Crippen LogP contribution in [0.4, 0.5) is 0 Å². The smallest absolute Gasteiger partial charge is 0.223 e. The summed E-state index contributed by atoms with van der Waals surface area (Å²) in [5.41, 5.74) is 2.60. The third-order valence-corrected chi connectivity index (χ3v) is 6.32. The molecule has 2 fully saturated rings. The van der Waals surface area contributed by atoms with Gasteiger partial charge in [0.1, 0.15) is 0 Å². The van der Waals surface area contributed by atoms with E-state index in [4.69, 9.17) is 9.47 Å². The molecule has 25 heavy (non-hydrogen) atoms. The van der Waals surface area contributed by atoms with Crippen LogP contribution in [0.25, 0.3) is 0 Å².